The summed E-state index contributed by atoms with van der Waals surface area (Å²) in [4.78, 5) is 6.95. The van der Waals surface area contributed by atoms with Gasteiger partial charge in [0.15, 0.2) is 0 Å². The van der Waals surface area contributed by atoms with E-state index in [9.17, 15) is 0 Å². The molecule has 1 fully saturated rings. The third kappa shape index (κ3) is 2.83. The Morgan fingerprint density at radius 2 is 2.05 bits per heavy atom. The second-order valence-corrected chi connectivity index (χ2v) is 5.13. The highest BCUT2D eigenvalue weighted by Gasteiger charge is 2.24. The third-order valence-electron chi connectivity index (χ3n) is 3.88. The summed E-state index contributed by atoms with van der Waals surface area (Å²) in [5, 5.41) is 0. The number of likely N-dealkylation sites (tertiary alicyclic amines) is 1. The lowest BCUT2D eigenvalue weighted by atomic mass is 10.1. The minimum absolute atomic E-state index is 0.526. The predicted molar refractivity (Wildman–Crippen MR) is 80.0 cm³/mol. The fourth-order valence-corrected chi connectivity index (χ4v) is 2.84. The maximum Gasteiger partial charge on any atom is 0.219 e. The lowest BCUT2D eigenvalue weighted by Gasteiger charge is -2.22. The molecule has 0 aliphatic carbocycles. The second-order valence-electron chi connectivity index (χ2n) is 5.13. The van der Waals surface area contributed by atoms with Gasteiger partial charge in [0.05, 0.1) is 0 Å². The van der Waals surface area contributed by atoms with Crippen molar-refractivity contribution in [3.05, 3.63) is 54.2 Å². The first-order chi connectivity index (χ1) is 9.86. The monoisotopic (exact) mass is 268 g/mol. The molecule has 0 N–H and O–H groups in total. The van der Waals surface area contributed by atoms with E-state index in [4.69, 9.17) is 4.74 Å². The third-order valence-corrected chi connectivity index (χ3v) is 3.88. The van der Waals surface area contributed by atoms with Gasteiger partial charge in [-0.1, -0.05) is 31.2 Å². The van der Waals surface area contributed by atoms with Crippen LogP contribution in [0.4, 0.5) is 0 Å². The number of pyridine rings is 1. The van der Waals surface area contributed by atoms with E-state index in [1.807, 2.05) is 42.6 Å². The molecule has 2 heterocycles. The van der Waals surface area contributed by atoms with Gasteiger partial charge in [-0.15, -0.1) is 0 Å². The number of benzene rings is 1. The van der Waals surface area contributed by atoms with Crippen LogP contribution in [-0.2, 0) is 0 Å². The van der Waals surface area contributed by atoms with E-state index >= 15 is 0 Å². The van der Waals surface area contributed by atoms with Crippen molar-refractivity contribution in [2.45, 2.75) is 25.8 Å². The van der Waals surface area contributed by atoms with Crippen LogP contribution in [0.3, 0.4) is 0 Å². The van der Waals surface area contributed by atoms with Gasteiger partial charge in [0.25, 0.3) is 0 Å². The molecule has 1 unspecified atom stereocenters. The average Bonchev–Trinajstić information content (AvgIpc) is 2.98. The summed E-state index contributed by atoms with van der Waals surface area (Å²) >= 11 is 0. The Morgan fingerprint density at radius 1 is 1.20 bits per heavy atom. The fourth-order valence-electron chi connectivity index (χ4n) is 2.84. The van der Waals surface area contributed by atoms with E-state index in [1.165, 1.54) is 24.9 Å². The smallest absolute Gasteiger partial charge is 0.219 e. The Morgan fingerprint density at radius 3 is 2.75 bits per heavy atom. The highest BCUT2D eigenvalue weighted by Crippen LogP contribution is 2.31. The molecule has 0 spiro atoms. The van der Waals surface area contributed by atoms with Crippen LogP contribution >= 0.6 is 0 Å². The Kier molecular flexibility index (Phi) is 3.97. The Labute approximate surface area is 120 Å². The number of aromatic nitrogens is 1. The highest BCUT2D eigenvalue weighted by atomic mass is 16.5. The van der Waals surface area contributed by atoms with E-state index in [-0.39, 0.29) is 0 Å². The molecule has 0 radical (unpaired) electrons. The van der Waals surface area contributed by atoms with Crippen LogP contribution in [0.1, 0.15) is 31.4 Å². The average molecular weight is 268 g/mol. The zero-order valence-corrected chi connectivity index (χ0v) is 11.8. The van der Waals surface area contributed by atoms with E-state index in [2.05, 4.69) is 22.9 Å². The van der Waals surface area contributed by atoms with Crippen LogP contribution in [0.5, 0.6) is 11.6 Å². The number of nitrogens with zero attached hydrogens (tertiary/aromatic N) is 2. The minimum Gasteiger partial charge on any atom is -0.439 e. The summed E-state index contributed by atoms with van der Waals surface area (Å²) < 4.78 is 5.72. The number of para-hydroxylation sites is 1. The first kappa shape index (κ1) is 13.1. The maximum atomic E-state index is 5.72. The van der Waals surface area contributed by atoms with E-state index in [1.54, 1.807) is 0 Å². The van der Waals surface area contributed by atoms with Gasteiger partial charge in [0.1, 0.15) is 5.75 Å². The largest absolute Gasteiger partial charge is 0.439 e. The zero-order chi connectivity index (χ0) is 13.8. The van der Waals surface area contributed by atoms with E-state index in [0.717, 1.165) is 12.3 Å². The zero-order valence-electron chi connectivity index (χ0n) is 11.8. The highest BCUT2D eigenvalue weighted by molar-refractivity contribution is 5.28. The van der Waals surface area contributed by atoms with Gasteiger partial charge < -0.3 is 4.74 Å². The summed E-state index contributed by atoms with van der Waals surface area (Å²) in [7, 11) is 0. The predicted octanol–water partition coefficient (Wildman–Crippen LogP) is 4.03. The minimum atomic E-state index is 0.526. The molecular weight excluding hydrogens is 248 g/mol. The number of hydrogen-bond donors (Lipinski definition) is 0. The van der Waals surface area contributed by atoms with Gasteiger partial charge in [0.2, 0.25) is 5.88 Å². The van der Waals surface area contributed by atoms with Gasteiger partial charge in [-0.3, -0.25) is 4.90 Å². The standard InChI is InChI=1S/C17H20N2O/c1-2-19-12-6-9-16(19)14-10-11-17(18-13-14)20-15-7-4-3-5-8-15/h3-5,7-8,10-11,13,16H,2,6,9,12H2,1H3. The van der Waals surface area contributed by atoms with Crippen LogP contribution in [0.2, 0.25) is 0 Å². The molecule has 0 amide bonds. The molecule has 1 saturated heterocycles. The number of hydrogen-bond acceptors (Lipinski definition) is 3. The van der Waals surface area contributed by atoms with Crippen molar-refractivity contribution in [3.63, 3.8) is 0 Å². The van der Waals surface area contributed by atoms with Crippen LogP contribution in [-0.4, -0.2) is 23.0 Å². The molecule has 1 aromatic carbocycles. The Bertz CT molecular complexity index is 539. The molecule has 3 heteroatoms. The van der Waals surface area contributed by atoms with Gasteiger partial charge in [-0.2, -0.15) is 0 Å². The maximum absolute atomic E-state index is 5.72. The van der Waals surface area contributed by atoms with Crippen LogP contribution in [0, 0.1) is 0 Å². The summed E-state index contributed by atoms with van der Waals surface area (Å²) in [5.41, 5.74) is 1.30. The quantitative estimate of drug-likeness (QED) is 0.837. The molecule has 1 atom stereocenters. The van der Waals surface area contributed by atoms with Gasteiger partial charge in [0, 0.05) is 18.3 Å². The molecular formula is C17H20N2O. The van der Waals surface area contributed by atoms with Gasteiger partial charge >= 0.3 is 0 Å². The second kappa shape index (κ2) is 6.06. The molecule has 0 bridgehead atoms. The molecule has 3 rings (SSSR count). The normalized spacial score (nSPS) is 19.1. The number of rotatable bonds is 4. The van der Waals surface area contributed by atoms with Crippen molar-refractivity contribution in [3.8, 4) is 11.6 Å². The van der Waals surface area contributed by atoms with Crippen molar-refractivity contribution in [2.24, 2.45) is 0 Å². The van der Waals surface area contributed by atoms with Crippen LogP contribution < -0.4 is 4.74 Å². The van der Waals surface area contributed by atoms with Crippen LogP contribution in [0.15, 0.2) is 48.7 Å². The van der Waals surface area contributed by atoms with Crippen LogP contribution in [0.25, 0.3) is 0 Å². The molecule has 1 aliphatic heterocycles. The lowest BCUT2D eigenvalue weighted by Crippen LogP contribution is -2.22. The van der Waals surface area contributed by atoms with Crippen molar-refractivity contribution in [1.82, 2.24) is 9.88 Å². The topological polar surface area (TPSA) is 25.4 Å². The molecule has 0 saturated carbocycles. The first-order valence-corrected chi connectivity index (χ1v) is 7.29. The summed E-state index contributed by atoms with van der Waals surface area (Å²) in [6.45, 7) is 4.52. The molecule has 104 valence electrons. The van der Waals surface area contributed by atoms with Crippen molar-refractivity contribution in [1.29, 1.82) is 0 Å². The molecule has 20 heavy (non-hydrogen) atoms. The van der Waals surface area contributed by atoms with Crippen molar-refractivity contribution in [2.75, 3.05) is 13.1 Å². The van der Waals surface area contributed by atoms with E-state index in [0.29, 0.717) is 11.9 Å². The molecule has 3 nitrogen and oxygen atoms in total. The Balaban J connectivity index is 1.71. The lowest BCUT2D eigenvalue weighted by molar-refractivity contribution is 0.271. The fraction of sp³-hybridized carbons (Fsp3) is 0.353. The first-order valence-electron chi connectivity index (χ1n) is 7.29. The van der Waals surface area contributed by atoms with E-state index < -0.39 is 0 Å². The van der Waals surface area contributed by atoms with Crippen molar-refractivity contribution < 1.29 is 4.74 Å². The van der Waals surface area contributed by atoms with Crippen molar-refractivity contribution >= 4 is 0 Å². The summed E-state index contributed by atoms with van der Waals surface area (Å²) in [5.74, 6) is 1.48. The van der Waals surface area contributed by atoms with Gasteiger partial charge in [-0.25, -0.2) is 4.98 Å². The molecule has 1 aliphatic rings. The molecule has 1 aromatic heterocycles. The van der Waals surface area contributed by atoms with Gasteiger partial charge in [-0.05, 0) is 43.6 Å². The molecule has 2 aromatic rings. The summed E-state index contributed by atoms with van der Waals surface area (Å²) in [6.07, 6.45) is 4.46. The SMILES string of the molecule is CCN1CCCC1c1ccc(Oc2ccccc2)nc1. The Hall–Kier alpha value is -1.87. The summed E-state index contributed by atoms with van der Waals surface area (Å²) in [6, 6.07) is 14.4. The number of ether oxygens (including phenoxy) is 1.